The third kappa shape index (κ3) is 4.42. The topological polar surface area (TPSA) is 70.6 Å². The van der Waals surface area contributed by atoms with Crippen LogP contribution in [0.5, 0.6) is 0 Å². The second-order valence-electron chi connectivity index (χ2n) is 8.19. The fourth-order valence-corrected chi connectivity index (χ4v) is 5.99. The summed E-state index contributed by atoms with van der Waals surface area (Å²) in [6.45, 7) is 3.01. The number of pyridine rings is 1. The lowest BCUT2D eigenvalue weighted by Gasteiger charge is -2.41. The van der Waals surface area contributed by atoms with Crippen molar-refractivity contribution in [2.75, 3.05) is 23.7 Å². The lowest BCUT2D eigenvalue weighted by atomic mass is 10.1. The van der Waals surface area contributed by atoms with Crippen molar-refractivity contribution in [1.82, 2.24) is 9.88 Å². The number of halogens is 2. The number of piperazine rings is 1. The summed E-state index contributed by atoms with van der Waals surface area (Å²) in [5, 5.41) is 0. The Morgan fingerprint density at radius 1 is 1.13 bits per heavy atom. The number of likely N-dealkylation sites (tertiary alicyclic amines) is 1. The zero-order valence-corrected chi connectivity index (χ0v) is 18.1. The van der Waals surface area contributed by atoms with Crippen LogP contribution in [0.25, 0.3) is 0 Å². The number of amides is 1. The highest BCUT2D eigenvalue weighted by atomic mass is 32.2. The van der Waals surface area contributed by atoms with Gasteiger partial charge in [-0.25, -0.2) is 22.2 Å². The van der Waals surface area contributed by atoms with Gasteiger partial charge in [0.2, 0.25) is 5.91 Å². The van der Waals surface area contributed by atoms with Crippen LogP contribution in [-0.2, 0) is 14.6 Å². The number of alkyl halides is 2. The maximum Gasteiger partial charge on any atom is 0.265 e. The van der Waals surface area contributed by atoms with Crippen molar-refractivity contribution in [2.45, 2.75) is 49.6 Å². The lowest BCUT2D eigenvalue weighted by Crippen LogP contribution is -2.55. The quantitative estimate of drug-likeness (QED) is 0.676. The summed E-state index contributed by atoms with van der Waals surface area (Å²) in [6.07, 6.45) is 0.616. The first-order valence-electron chi connectivity index (χ1n) is 10.3. The summed E-state index contributed by atoms with van der Waals surface area (Å²) < 4.78 is 51.6. The molecule has 0 saturated carbocycles. The van der Waals surface area contributed by atoms with Crippen LogP contribution in [0.15, 0.2) is 47.5 Å². The van der Waals surface area contributed by atoms with Gasteiger partial charge in [0, 0.05) is 43.4 Å². The molecule has 166 valence electrons. The summed E-state index contributed by atoms with van der Waals surface area (Å²) >= 11 is 0. The van der Waals surface area contributed by atoms with Gasteiger partial charge in [-0.2, -0.15) is 0 Å². The average molecular weight is 450 g/mol. The molecule has 6 nitrogen and oxygen atoms in total. The van der Waals surface area contributed by atoms with E-state index >= 15 is 0 Å². The molecular formula is C22H25F2N3O3S. The number of hydrogen-bond donors (Lipinski definition) is 0. The van der Waals surface area contributed by atoms with Crippen molar-refractivity contribution in [1.29, 1.82) is 0 Å². The number of carbonyl (C=O) groups excluding carboxylic acids is 1. The number of benzene rings is 1. The van der Waals surface area contributed by atoms with Gasteiger partial charge in [-0.05, 0) is 37.5 Å². The van der Waals surface area contributed by atoms with E-state index in [9.17, 15) is 22.0 Å². The molecule has 0 N–H and O–H groups in total. The van der Waals surface area contributed by atoms with Crippen LogP contribution in [0.2, 0.25) is 0 Å². The third-order valence-corrected chi connectivity index (χ3v) is 7.85. The molecule has 0 aliphatic carbocycles. The molecule has 9 heteroatoms. The Hall–Kier alpha value is -2.55. The molecular weight excluding hydrogens is 424 g/mol. The molecule has 0 spiro atoms. The van der Waals surface area contributed by atoms with Crippen molar-refractivity contribution in [3.8, 4) is 0 Å². The van der Waals surface area contributed by atoms with Gasteiger partial charge in [0.1, 0.15) is 5.82 Å². The molecule has 2 atom stereocenters. The number of fused-ring (bicyclic) bond motifs is 2. The first-order chi connectivity index (χ1) is 14.8. The Bertz CT molecular complexity index is 1050. The number of anilines is 1. The Kier molecular flexibility index (Phi) is 5.96. The van der Waals surface area contributed by atoms with Crippen molar-refractivity contribution in [3.05, 3.63) is 53.7 Å². The standard InChI is InChI=1S/C22H25F2N3O3S/c1-15-6-9-20(25-12-15)27-16-7-8-17(27)14-26(13-16)21(28)10-11-31(29,30)19-5-3-2-4-18(19)22(23)24/h2-6,9,12,16-17,22H,7-8,10-11,13-14H2,1H3. The van der Waals surface area contributed by atoms with Gasteiger partial charge in [-0.15, -0.1) is 0 Å². The van der Waals surface area contributed by atoms with Crippen LogP contribution in [0, 0.1) is 6.92 Å². The predicted molar refractivity (Wildman–Crippen MR) is 113 cm³/mol. The number of aryl methyl sites for hydroxylation is 1. The highest BCUT2D eigenvalue weighted by molar-refractivity contribution is 7.91. The van der Waals surface area contributed by atoms with Crippen LogP contribution in [0.3, 0.4) is 0 Å². The van der Waals surface area contributed by atoms with E-state index in [1.165, 1.54) is 18.2 Å². The van der Waals surface area contributed by atoms with E-state index in [1.54, 1.807) is 4.90 Å². The van der Waals surface area contributed by atoms with E-state index in [2.05, 4.69) is 9.88 Å². The predicted octanol–water partition coefficient (Wildman–Crippen LogP) is 3.37. The number of aromatic nitrogens is 1. The Labute approximate surface area is 180 Å². The van der Waals surface area contributed by atoms with Crippen molar-refractivity contribution in [3.63, 3.8) is 0 Å². The maximum absolute atomic E-state index is 13.2. The van der Waals surface area contributed by atoms with E-state index in [1.807, 2.05) is 25.3 Å². The van der Waals surface area contributed by atoms with Gasteiger partial charge in [0.25, 0.3) is 6.43 Å². The summed E-state index contributed by atoms with van der Waals surface area (Å²) in [5.41, 5.74) is 0.562. The fraction of sp³-hybridized carbons (Fsp3) is 0.455. The highest BCUT2D eigenvalue weighted by Gasteiger charge is 2.42. The Morgan fingerprint density at radius 3 is 2.42 bits per heavy atom. The molecule has 2 unspecified atom stereocenters. The second kappa shape index (κ2) is 8.53. The molecule has 1 aromatic carbocycles. The Balaban J connectivity index is 1.41. The number of sulfone groups is 1. The van der Waals surface area contributed by atoms with E-state index in [-0.39, 0.29) is 24.4 Å². The van der Waals surface area contributed by atoms with Crippen LogP contribution in [0.1, 0.15) is 36.8 Å². The minimum absolute atomic E-state index is 0.147. The first-order valence-corrected chi connectivity index (χ1v) is 12.0. The van der Waals surface area contributed by atoms with Crippen LogP contribution >= 0.6 is 0 Å². The summed E-state index contributed by atoms with van der Waals surface area (Å²) in [6, 6.07) is 9.38. The van der Waals surface area contributed by atoms with Gasteiger partial charge < -0.3 is 9.80 Å². The molecule has 4 rings (SSSR count). The highest BCUT2D eigenvalue weighted by Crippen LogP contribution is 2.34. The molecule has 31 heavy (non-hydrogen) atoms. The zero-order valence-electron chi connectivity index (χ0n) is 17.2. The third-order valence-electron chi connectivity index (χ3n) is 6.07. The lowest BCUT2D eigenvalue weighted by molar-refractivity contribution is -0.131. The molecule has 2 aliphatic heterocycles. The van der Waals surface area contributed by atoms with Gasteiger partial charge >= 0.3 is 0 Å². The molecule has 2 aliphatic rings. The summed E-state index contributed by atoms with van der Waals surface area (Å²) in [7, 11) is -3.99. The van der Waals surface area contributed by atoms with E-state index in [0.717, 1.165) is 30.3 Å². The molecule has 2 saturated heterocycles. The maximum atomic E-state index is 13.2. The molecule has 0 radical (unpaired) electrons. The largest absolute Gasteiger partial charge is 0.347 e. The SMILES string of the molecule is Cc1ccc(N2C3CCC2CN(C(=O)CCS(=O)(=O)c2ccccc2C(F)F)C3)nc1. The van der Waals surface area contributed by atoms with Gasteiger partial charge in [0.15, 0.2) is 9.84 Å². The van der Waals surface area contributed by atoms with Crippen LogP contribution < -0.4 is 4.90 Å². The summed E-state index contributed by atoms with van der Waals surface area (Å²) in [4.78, 5) is 20.9. The monoisotopic (exact) mass is 449 g/mol. The fourth-order valence-electron chi connectivity index (χ4n) is 4.53. The van der Waals surface area contributed by atoms with Crippen molar-refractivity contribution < 1.29 is 22.0 Å². The Morgan fingerprint density at radius 2 is 1.81 bits per heavy atom. The average Bonchev–Trinajstić information content (AvgIpc) is 3.01. The number of carbonyl (C=O) groups is 1. The number of nitrogens with zero attached hydrogens (tertiary/aromatic N) is 3. The molecule has 2 bridgehead atoms. The minimum Gasteiger partial charge on any atom is -0.347 e. The van der Waals surface area contributed by atoms with E-state index in [0.29, 0.717) is 13.1 Å². The van der Waals surface area contributed by atoms with E-state index < -0.39 is 32.5 Å². The van der Waals surface area contributed by atoms with Gasteiger partial charge in [-0.1, -0.05) is 24.3 Å². The van der Waals surface area contributed by atoms with Gasteiger partial charge in [0.05, 0.1) is 10.6 Å². The zero-order chi connectivity index (χ0) is 22.2. The van der Waals surface area contributed by atoms with Crippen LogP contribution in [-0.4, -0.2) is 55.1 Å². The normalized spacial score (nSPS) is 21.0. The second-order valence-corrected chi connectivity index (χ2v) is 10.3. The molecule has 1 amide bonds. The minimum atomic E-state index is -3.99. The molecule has 2 fully saturated rings. The number of rotatable bonds is 6. The van der Waals surface area contributed by atoms with Gasteiger partial charge in [-0.3, -0.25) is 4.79 Å². The summed E-state index contributed by atoms with van der Waals surface area (Å²) in [5.74, 6) is 0.160. The number of hydrogen-bond acceptors (Lipinski definition) is 5. The smallest absolute Gasteiger partial charge is 0.265 e. The van der Waals surface area contributed by atoms with Crippen molar-refractivity contribution >= 4 is 21.6 Å². The first kappa shape index (κ1) is 21.7. The van der Waals surface area contributed by atoms with Crippen LogP contribution in [0.4, 0.5) is 14.6 Å². The molecule has 1 aromatic heterocycles. The van der Waals surface area contributed by atoms with E-state index in [4.69, 9.17) is 0 Å². The molecule has 2 aromatic rings. The molecule has 3 heterocycles. The van der Waals surface area contributed by atoms with Crippen molar-refractivity contribution in [2.24, 2.45) is 0 Å².